The van der Waals surface area contributed by atoms with Crippen molar-refractivity contribution in [1.82, 2.24) is 15.2 Å². The van der Waals surface area contributed by atoms with Gasteiger partial charge in [0.25, 0.3) is 0 Å². The number of H-pyrrole nitrogens is 1. The van der Waals surface area contributed by atoms with E-state index in [4.69, 9.17) is 0 Å². The van der Waals surface area contributed by atoms with Crippen LogP contribution in [0.2, 0.25) is 0 Å². The number of fused-ring (bicyclic) bond motifs is 1. The number of rotatable bonds is 8. The number of amides is 1. The summed E-state index contributed by atoms with van der Waals surface area (Å²) < 4.78 is 0. The average Bonchev–Trinajstić information content (AvgIpc) is 3.27. The fourth-order valence-corrected chi connectivity index (χ4v) is 4.47. The maximum Gasteiger partial charge on any atom is 0.225 e. The molecule has 2 N–H and O–H groups in total. The lowest BCUT2D eigenvalue weighted by Crippen LogP contribution is -2.36. The Hall–Kier alpha value is -1.46. The van der Waals surface area contributed by atoms with Crippen molar-refractivity contribution in [2.75, 3.05) is 25.9 Å². The second kappa shape index (κ2) is 9.36. The summed E-state index contributed by atoms with van der Waals surface area (Å²) in [5.74, 6) is 0.149. The number of likely N-dealkylation sites (tertiary alicyclic amines) is 1. The maximum absolute atomic E-state index is 11.9. The van der Waals surface area contributed by atoms with Crippen LogP contribution in [-0.4, -0.2) is 47.7 Å². The summed E-state index contributed by atoms with van der Waals surface area (Å²) in [6, 6.07) is 7.35. The number of unbranched alkanes of at least 4 members (excludes halogenated alkanes) is 1. The van der Waals surface area contributed by atoms with Crippen molar-refractivity contribution in [3.63, 3.8) is 0 Å². The maximum atomic E-state index is 11.9. The second-order valence-corrected chi connectivity index (χ2v) is 9.85. The minimum absolute atomic E-state index is 0.149. The zero-order valence-electron chi connectivity index (χ0n) is 17.8. The summed E-state index contributed by atoms with van der Waals surface area (Å²) in [7, 11) is 0. The number of nitrogens with one attached hydrogen (secondary N) is 2. The molecule has 28 heavy (non-hydrogen) atoms. The van der Waals surface area contributed by atoms with E-state index in [-0.39, 0.29) is 11.3 Å². The van der Waals surface area contributed by atoms with Gasteiger partial charge in [-0.2, -0.15) is 0 Å². The number of aromatic amines is 1. The largest absolute Gasteiger partial charge is 0.361 e. The molecule has 3 rings (SSSR count). The van der Waals surface area contributed by atoms with Crippen molar-refractivity contribution in [3.8, 4) is 0 Å². The van der Waals surface area contributed by atoms with Gasteiger partial charge in [-0.15, -0.1) is 11.8 Å². The van der Waals surface area contributed by atoms with Crippen LogP contribution in [0, 0.1) is 5.41 Å². The first-order valence-electron chi connectivity index (χ1n) is 10.5. The van der Waals surface area contributed by atoms with Crippen LogP contribution in [0.4, 0.5) is 0 Å². The third-order valence-electron chi connectivity index (χ3n) is 5.77. The average molecular weight is 402 g/mol. The van der Waals surface area contributed by atoms with Gasteiger partial charge in [0.1, 0.15) is 0 Å². The third-order valence-corrected chi connectivity index (χ3v) is 6.49. The first kappa shape index (κ1) is 21.3. The van der Waals surface area contributed by atoms with Gasteiger partial charge in [-0.1, -0.05) is 20.8 Å². The fourth-order valence-electron chi connectivity index (χ4n) is 4.03. The molecule has 1 amide bonds. The predicted octanol–water partition coefficient (Wildman–Crippen LogP) is 4.84. The van der Waals surface area contributed by atoms with Crippen LogP contribution in [-0.2, 0) is 11.2 Å². The highest BCUT2D eigenvalue weighted by Crippen LogP contribution is 2.28. The van der Waals surface area contributed by atoms with Crippen LogP contribution in [0.1, 0.15) is 52.0 Å². The molecule has 1 aliphatic heterocycles. The van der Waals surface area contributed by atoms with Crippen molar-refractivity contribution in [1.29, 1.82) is 0 Å². The first-order valence-corrected chi connectivity index (χ1v) is 11.8. The number of aromatic nitrogens is 1. The number of benzene rings is 1. The van der Waals surface area contributed by atoms with Gasteiger partial charge in [-0.05, 0) is 75.2 Å². The molecular weight excluding hydrogens is 366 g/mol. The van der Waals surface area contributed by atoms with E-state index in [0.717, 1.165) is 32.4 Å². The van der Waals surface area contributed by atoms with Crippen LogP contribution in [0.3, 0.4) is 0 Å². The molecule has 4 nitrogen and oxygen atoms in total. The van der Waals surface area contributed by atoms with E-state index >= 15 is 0 Å². The Bertz CT molecular complexity index is 793. The van der Waals surface area contributed by atoms with Crippen molar-refractivity contribution in [3.05, 3.63) is 30.0 Å². The van der Waals surface area contributed by atoms with Gasteiger partial charge in [-0.25, -0.2) is 0 Å². The van der Waals surface area contributed by atoms with Crippen molar-refractivity contribution < 1.29 is 4.79 Å². The molecule has 0 spiro atoms. The normalized spacial score (nSPS) is 18.1. The van der Waals surface area contributed by atoms with Gasteiger partial charge in [0, 0.05) is 40.0 Å². The molecule has 0 saturated carbocycles. The molecular formula is C23H35N3OS. The first-order chi connectivity index (χ1) is 13.4. The minimum Gasteiger partial charge on any atom is -0.361 e. The molecule has 0 aliphatic carbocycles. The lowest BCUT2D eigenvalue weighted by Gasteiger charge is -2.24. The van der Waals surface area contributed by atoms with Crippen LogP contribution in [0.25, 0.3) is 10.9 Å². The molecule has 2 heterocycles. The number of nitrogens with zero attached hydrogens (tertiary/aromatic N) is 1. The molecule has 1 aromatic carbocycles. The molecule has 0 bridgehead atoms. The van der Waals surface area contributed by atoms with E-state index in [1.807, 2.05) is 20.8 Å². The molecule has 0 radical (unpaired) electrons. The second-order valence-electron chi connectivity index (χ2n) is 8.97. The number of thioether (sulfide) groups is 1. The third kappa shape index (κ3) is 5.32. The van der Waals surface area contributed by atoms with Gasteiger partial charge < -0.3 is 15.2 Å². The van der Waals surface area contributed by atoms with Gasteiger partial charge in [0.15, 0.2) is 0 Å². The summed E-state index contributed by atoms with van der Waals surface area (Å²) >= 11 is 1.80. The highest BCUT2D eigenvalue weighted by Gasteiger charge is 2.25. The van der Waals surface area contributed by atoms with Gasteiger partial charge in [-0.3, -0.25) is 4.79 Å². The van der Waals surface area contributed by atoms with E-state index < -0.39 is 0 Å². The predicted molar refractivity (Wildman–Crippen MR) is 120 cm³/mol. The Balaban J connectivity index is 1.49. The van der Waals surface area contributed by atoms with E-state index in [0.29, 0.717) is 6.04 Å². The van der Waals surface area contributed by atoms with Gasteiger partial charge >= 0.3 is 0 Å². The molecule has 1 aromatic heterocycles. The van der Waals surface area contributed by atoms with E-state index in [9.17, 15) is 4.79 Å². The zero-order valence-corrected chi connectivity index (χ0v) is 18.6. The number of carbonyl (C=O) groups excluding carboxylic acids is 1. The topological polar surface area (TPSA) is 48.1 Å². The number of carbonyl (C=O) groups is 1. The van der Waals surface area contributed by atoms with Crippen molar-refractivity contribution in [2.45, 2.75) is 63.8 Å². The van der Waals surface area contributed by atoms with Crippen LogP contribution >= 0.6 is 11.8 Å². The summed E-state index contributed by atoms with van der Waals surface area (Å²) in [6.45, 7) is 9.01. The molecule has 1 atom stereocenters. The van der Waals surface area contributed by atoms with Gasteiger partial charge in [0.05, 0.1) is 0 Å². The Morgan fingerprint density at radius 3 is 2.89 bits per heavy atom. The fraction of sp³-hybridized carbons (Fsp3) is 0.609. The Morgan fingerprint density at radius 1 is 1.32 bits per heavy atom. The molecule has 1 aliphatic rings. The quantitative estimate of drug-likeness (QED) is 0.491. The highest BCUT2D eigenvalue weighted by atomic mass is 32.2. The minimum atomic E-state index is -0.296. The highest BCUT2D eigenvalue weighted by molar-refractivity contribution is 7.98. The molecule has 2 aromatic rings. The monoisotopic (exact) mass is 401 g/mol. The zero-order chi connectivity index (χ0) is 20.1. The lowest BCUT2D eigenvalue weighted by molar-refractivity contribution is -0.128. The molecule has 0 unspecified atom stereocenters. The number of hydrogen-bond donors (Lipinski definition) is 2. The standard InChI is InChI=1S/C23H35N3OS/c1-23(2,3)22(27)24-11-5-6-12-26-13-7-8-18(26)14-17-16-25-21-10-9-19(28-4)15-20(17)21/h9-10,15-16,18,25H,5-8,11-14H2,1-4H3,(H,24,27)/t18-/m1/s1. The van der Waals surface area contributed by atoms with E-state index in [1.54, 1.807) is 11.8 Å². The SMILES string of the molecule is CSc1ccc2[nH]cc(C[C@H]3CCCN3CCCCNC(=O)C(C)(C)C)c2c1. The summed E-state index contributed by atoms with van der Waals surface area (Å²) in [5, 5.41) is 4.44. The van der Waals surface area contributed by atoms with Crippen molar-refractivity contribution >= 4 is 28.6 Å². The van der Waals surface area contributed by atoms with Crippen molar-refractivity contribution in [2.24, 2.45) is 5.41 Å². The van der Waals surface area contributed by atoms with Crippen LogP contribution < -0.4 is 5.32 Å². The molecule has 154 valence electrons. The van der Waals surface area contributed by atoms with Gasteiger partial charge in [0.2, 0.25) is 5.91 Å². The van der Waals surface area contributed by atoms with E-state index in [2.05, 4.69) is 45.9 Å². The summed E-state index contributed by atoms with van der Waals surface area (Å²) in [5.41, 5.74) is 2.39. The lowest BCUT2D eigenvalue weighted by atomic mass is 9.96. The van der Waals surface area contributed by atoms with E-state index in [1.165, 1.54) is 40.7 Å². The van der Waals surface area contributed by atoms with Crippen LogP contribution in [0.5, 0.6) is 0 Å². The molecule has 5 heteroatoms. The summed E-state index contributed by atoms with van der Waals surface area (Å²) in [4.78, 5) is 19.4. The molecule has 1 saturated heterocycles. The Morgan fingerprint density at radius 2 is 2.14 bits per heavy atom. The Labute approximate surface area is 173 Å². The molecule has 1 fully saturated rings. The number of hydrogen-bond acceptors (Lipinski definition) is 3. The van der Waals surface area contributed by atoms with Crippen LogP contribution in [0.15, 0.2) is 29.3 Å². The summed E-state index contributed by atoms with van der Waals surface area (Å²) in [6.07, 6.45) is 10.2. The smallest absolute Gasteiger partial charge is 0.225 e. The Kier molecular flexibility index (Phi) is 7.10.